The second kappa shape index (κ2) is 4.78. The van der Waals surface area contributed by atoms with Crippen molar-refractivity contribution in [1.29, 1.82) is 0 Å². The summed E-state index contributed by atoms with van der Waals surface area (Å²) in [6.07, 6.45) is 3.67. The number of hydrogen-bond acceptors (Lipinski definition) is 3. The van der Waals surface area contributed by atoms with Crippen LogP contribution in [0.4, 0.5) is 8.78 Å². The van der Waals surface area contributed by atoms with Crippen molar-refractivity contribution in [3.8, 4) is 5.75 Å². The number of aromatic hydroxyl groups is 1. The molecule has 0 heterocycles. The van der Waals surface area contributed by atoms with Crippen LogP contribution in [0.25, 0.3) is 0 Å². The summed E-state index contributed by atoms with van der Waals surface area (Å²) < 4.78 is 27.8. The fourth-order valence-corrected chi connectivity index (χ4v) is 2.79. The highest BCUT2D eigenvalue weighted by atomic mass is 79.9. The summed E-state index contributed by atoms with van der Waals surface area (Å²) in [5.41, 5.74) is -1.46. The third kappa shape index (κ3) is 1.95. The Balaban J connectivity index is 2.69. The van der Waals surface area contributed by atoms with Crippen molar-refractivity contribution in [2.75, 3.05) is 0 Å². The van der Waals surface area contributed by atoms with Gasteiger partial charge in [-0.3, -0.25) is 0 Å². The zero-order chi connectivity index (χ0) is 13.3. The number of aliphatic imine (C=N–C) groups is 1. The van der Waals surface area contributed by atoms with E-state index in [2.05, 4.69) is 20.9 Å². The van der Waals surface area contributed by atoms with E-state index in [1.54, 1.807) is 0 Å². The highest BCUT2D eigenvalue weighted by Crippen LogP contribution is 2.46. The standard InChI is InChI=1S/C12H10BrF2NO2/c13-10-8(18)5-7(14)9(11(10)15)12(16-6-17)3-1-2-4-12/h5,18H,1-4H2. The van der Waals surface area contributed by atoms with Gasteiger partial charge in [-0.25, -0.2) is 13.6 Å². The van der Waals surface area contributed by atoms with E-state index >= 15 is 0 Å². The Labute approximate surface area is 111 Å². The van der Waals surface area contributed by atoms with Crippen molar-refractivity contribution >= 4 is 22.0 Å². The number of hydrogen-bond donors (Lipinski definition) is 1. The molecule has 0 aliphatic heterocycles. The van der Waals surface area contributed by atoms with Gasteiger partial charge in [-0.15, -0.1) is 0 Å². The molecule has 0 atom stereocenters. The summed E-state index contributed by atoms with van der Waals surface area (Å²) in [6, 6.07) is 0.822. The maximum absolute atomic E-state index is 14.1. The average molecular weight is 318 g/mol. The first-order chi connectivity index (χ1) is 8.52. The summed E-state index contributed by atoms with van der Waals surface area (Å²) >= 11 is 2.85. The third-order valence-electron chi connectivity index (χ3n) is 3.30. The van der Waals surface area contributed by atoms with Crippen LogP contribution in [0.3, 0.4) is 0 Å². The highest BCUT2D eigenvalue weighted by molar-refractivity contribution is 9.10. The maximum Gasteiger partial charge on any atom is 0.235 e. The van der Waals surface area contributed by atoms with Gasteiger partial charge in [0, 0.05) is 6.07 Å². The lowest BCUT2D eigenvalue weighted by Crippen LogP contribution is -2.23. The Kier molecular flexibility index (Phi) is 3.50. The number of halogens is 3. The van der Waals surface area contributed by atoms with E-state index < -0.39 is 22.9 Å². The molecular weight excluding hydrogens is 308 g/mol. The van der Waals surface area contributed by atoms with Crippen molar-refractivity contribution < 1.29 is 18.7 Å². The highest BCUT2D eigenvalue weighted by Gasteiger charge is 2.41. The summed E-state index contributed by atoms with van der Waals surface area (Å²) in [7, 11) is 0. The smallest absolute Gasteiger partial charge is 0.235 e. The summed E-state index contributed by atoms with van der Waals surface area (Å²) in [5, 5.41) is 9.33. The quantitative estimate of drug-likeness (QED) is 0.515. The SMILES string of the molecule is O=C=NC1(c2c(F)cc(O)c(Br)c2F)CCCC1. The van der Waals surface area contributed by atoms with Crippen LogP contribution in [0.1, 0.15) is 31.2 Å². The number of phenolic OH excluding ortho intramolecular Hbond substituents is 1. The molecule has 1 aliphatic carbocycles. The molecule has 1 fully saturated rings. The van der Waals surface area contributed by atoms with Crippen LogP contribution in [-0.2, 0) is 10.3 Å². The number of benzene rings is 1. The third-order valence-corrected chi connectivity index (χ3v) is 4.05. The Bertz CT molecular complexity index is 535. The molecule has 1 aromatic rings. The van der Waals surface area contributed by atoms with E-state index in [-0.39, 0.29) is 10.0 Å². The van der Waals surface area contributed by atoms with Gasteiger partial charge in [-0.05, 0) is 28.8 Å². The Morgan fingerprint density at radius 2 is 2.00 bits per heavy atom. The first-order valence-corrected chi connectivity index (χ1v) is 6.27. The van der Waals surface area contributed by atoms with E-state index in [0.717, 1.165) is 18.9 Å². The second-order valence-electron chi connectivity index (χ2n) is 4.32. The lowest BCUT2D eigenvalue weighted by molar-refractivity contribution is 0.392. The van der Waals surface area contributed by atoms with Gasteiger partial charge >= 0.3 is 0 Å². The molecule has 1 saturated carbocycles. The molecule has 2 rings (SSSR count). The maximum atomic E-state index is 14.1. The molecule has 1 N–H and O–H groups in total. The lowest BCUT2D eigenvalue weighted by Gasteiger charge is -2.24. The van der Waals surface area contributed by atoms with E-state index in [0.29, 0.717) is 12.8 Å². The molecular formula is C12H10BrF2NO2. The minimum atomic E-state index is -1.19. The number of rotatable bonds is 2. The minimum absolute atomic E-state index is 0.216. The fraction of sp³-hybridized carbons (Fsp3) is 0.417. The van der Waals surface area contributed by atoms with Crippen LogP contribution in [0.5, 0.6) is 5.75 Å². The number of isocyanates is 1. The van der Waals surface area contributed by atoms with Crippen LogP contribution in [0, 0.1) is 11.6 Å². The van der Waals surface area contributed by atoms with Crippen LogP contribution in [-0.4, -0.2) is 11.2 Å². The predicted octanol–water partition coefficient (Wildman–Crippen LogP) is 3.54. The predicted molar refractivity (Wildman–Crippen MR) is 64.0 cm³/mol. The van der Waals surface area contributed by atoms with Gasteiger partial charge in [-0.2, -0.15) is 4.99 Å². The van der Waals surface area contributed by atoms with Gasteiger partial charge in [0.25, 0.3) is 0 Å². The van der Waals surface area contributed by atoms with Gasteiger partial charge < -0.3 is 5.11 Å². The first kappa shape index (κ1) is 13.2. The fourth-order valence-electron chi connectivity index (χ4n) is 2.47. The van der Waals surface area contributed by atoms with E-state index in [9.17, 15) is 18.7 Å². The molecule has 3 nitrogen and oxygen atoms in total. The summed E-state index contributed by atoms with van der Waals surface area (Å²) in [6.45, 7) is 0. The zero-order valence-corrected chi connectivity index (χ0v) is 10.9. The van der Waals surface area contributed by atoms with Crippen molar-refractivity contribution in [2.24, 2.45) is 4.99 Å². The van der Waals surface area contributed by atoms with Gasteiger partial charge in [0.1, 0.15) is 22.9 Å². The molecule has 96 valence electrons. The molecule has 0 saturated heterocycles. The molecule has 0 bridgehead atoms. The lowest BCUT2D eigenvalue weighted by atomic mass is 9.88. The number of nitrogens with zero attached hydrogens (tertiary/aromatic N) is 1. The summed E-state index contributed by atoms with van der Waals surface area (Å²) in [4.78, 5) is 14.1. The van der Waals surface area contributed by atoms with Gasteiger partial charge in [0.15, 0.2) is 0 Å². The van der Waals surface area contributed by atoms with Crippen LogP contribution in [0.2, 0.25) is 0 Å². The molecule has 18 heavy (non-hydrogen) atoms. The monoisotopic (exact) mass is 317 g/mol. The molecule has 1 aromatic carbocycles. The van der Waals surface area contributed by atoms with Crippen molar-refractivity contribution in [3.63, 3.8) is 0 Å². The van der Waals surface area contributed by atoms with Gasteiger partial charge in [0.2, 0.25) is 6.08 Å². The average Bonchev–Trinajstić information content (AvgIpc) is 2.76. The van der Waals surface area contributed by atoms with E-state index in [1.165, 1.54) is 6.08 Å². The van der Waals surface area contributed by atoms with Crippen LogP contribution < -0.4 is 0 Å². The number of carbonyl (C=O) groups excluding carboxylic acids is 1. The van der Waals surface area contributed by atoms with Gasteiger partial charge in [-0.1, -0.05) is 12.8 Å². The molecule has 0 radical (unpaired) electrons. The Hall–Kier alpha value is -1.26. The minimum Gasteiger partial charge on any atom is -0.507 e. The molecule has 0 aromatic heterocycles. The topological polar surface area (TPSA) is 49.7 Å². The normalized spacial score (nSPS) is 17.5. The Morgan fingerprint density at radius 1 is 1.39 bits per heavy atom. The first-order valence-electron chi connectivity index (χ1n) is 5.48. The van der Waals surface area contributed by atoms with E-state index in [4.69, 9.17) is 0 Å². The van der Waals surface area contributed by atoms with Gasteiger partial charge in [0.05, 0.1) is 10.0 Å². The molecule has 0 unspecified atom stereocenters. The molecule has 0 amide bonds. The van der Waals surface area contributed by atoms with Crippen LogP contribution >= 0.6 is 15.9 Å². The molecule has 0 spiro atoms. The Morgan fingerprint density at radius 3 is 2.56 bits per heavy atom. The van der Waals surface area contributed by atoms with E-state index in [1.807, 2.05) is 0 Å². The zero-order valence-electron chi connectivity index (χ0n) is 9.34. The van der Waals surface area contributed by atoms with Crippen molar-refractivity contribution in [1.82, 2.24) is 0 Å². The van der Waals surface area contributed by atoms with Crippen molar-refractivity contribution in [2.45, 2.75) is 31.2 Å². The largest absolute Gasteiger partial charge is 0.507 e. The van der Waals surface area contributed by atoms with Crippen molar-refractivity contribution in [3.05, 3.63) is 27.7 Å². The number of phenols is 1. The molecule has 6 heteroatoms. The second-order valence-corrected chi connectivity index (χ2v) is 5.12. The van der Waals surface area contributed by atoms with Crippen LogP contribution in [0.15, 0.2) is 15.5 Å². The summed E-state index contributed by atoms with van der Waals surface area (Å²) in [5.74, 6) is -2.32. The molecule has 1 aliphatic rings.